The highest BCUT2D eigenvalue weighted by Gasteiger charge is 2.69. The van der Waals surface area contributed by atoms with Crippen LogP contribution >= 0.6 is 62.2 Å². The van der Waals surface area contributed by atoms with Crippen LogP contribution in [0.15, 0.2) is 50.7 Å². The molecule has 3 amide bonds. The molecule has 240 valence electrons. The average molecular weight is 768 g/mol. The molecule has 0 radical (unpaired) electrons. The molecule has 7 atom stereocenters. The van der Waals surface area contributed by atoms with Gasteiger partial charge in [-0.3, -0.25) is 28.9 Å². The van der Waals surface area contributed by atoms with Crippen LogP contribution < -0.4 is 14.9 Å². The van der Waals surface area contributed by atoms with Crippen LogP contribution in [0.1, 0.15) is 35.6 Å². The highest BCUT2D eigenvalue weighted by molar-refractivity contribution is 9.10. The number of aromatic nitrogens is 1. The Morgan fingerprint density at radius 2 is 1.83 bits per heavy atom. The van der Waals surface area contributed by atoms with Crippen LogP contribution in [0, 0.1) is 29.6 Å². The fourth-order valence-corrected chi connectivity index (χ4v) is 11.4. The second-order valence-corrected chi connectivity index (χ2v) is 15.9. The number of halogens is 3. The smallest absolute Gasteiger partial charge is 0.305 e. The Hall–Kier alpha value is -2.84. The summed E-state index contributed by atoms with van der Waals surface area (Å²) in [5.74, 6) is -2.88. The van der Waals surface area contributed by atoms with Crippen LogP contribution in [0.3, 0.4) is 0 Å². The molecule has 2 bridgehead atoms. The number of ether oxygens (including phenoxy) is 1. The van der Waals surface area contributed by atoms with E-state index in [1.54, 1.807) is 36.0 Å². The molecule has 3 heterocycles. The van der Waals surface area contributed by atoms with Crippen molar-refractivity contribution in [1.82, 2.24) is 9.88 Å². The second-order valence-electron chi connectivity index (χ2n) is 11.9. The third-order valence-electron chi connectivity index (χ3n) is 9.46. The van der Waals surface area contributed by atoms with Crippen LogP contribution in [-0.4, -0.2) is 57.1 Å². The standard InChI is InChI=1S/C31H26BrCl2N3O7S2/c32-12-3-6-19(44-11-20(38)35-13-4-5-17(33)18(34)9-13)14(8-12)22-23-15-10-16(26(23)45-28-27(22)46-31(43)36-28)25-24(15)29(41)37(30(25)42)7-1-2-21(39)40/h3-6,8-9,15-16,22-26H,1-2,7,10-11H2,(H,35,38)(H,36,43)(H,39,40)/t15?,16?,22-,23?,24?,25?,26?/m1/s1. The van der Waals surface area contributed by atoms with Crippen molar-refractivity contribution in [3.63, 3.8) is 0 Å². The first-order chi connectivity index (χ1) is 22.0. The number of benzene rings is 2. The van der Waals surface area contributed by atoms with Gasteiger partial charge < -0.3 is 20.1 Å². The van der Waals surface area contributed by atoms with Crippen molar-refractivity contribution in [3.8, 4) is 5.75 Å². The number of carbonyl (C=O) groups is 4. The monoisotopic (exact) mass is 765 g/mol. The van der Waals surface area contributed by atoms with E-state index in [0.717, 1.165) is 31.3 Å². The third kappa shape index (κ3) is 5.47. The Bertz CT molecular complexity index is 1850. The number of aliphatic carboxylic acids is 1. The fraction of sp³-hybridized carbons (Fsp3) is 0.387. The van der Waals surface area contributed by atoms with E-state index in [9.17, 15) is 24.0 Å². The zero-order valence-electron chi connectivity index (χ0n) is 23.8. The largest absolute Gasteiger partial charge is 0.483 e. The molecule has 4 aliphatic rings. The predicted octanol–water partition coefficient (Wildman–Crippen LogP) is 5.86. The minimum absolute atomic E-state index is 0.0329. The van der Waals surface area contributed by atoms with Crippen LogP contribution in [0.5, 0.6) is 5.75 Å². The minimum atomic E-state index is -0.969. The van der Waals surface area contributed by atoms with Crippen molar-refractivity contribution < 1.29 is 29.0 Å². The van der Waals surface area contributed by atoms with Gasteiger partial charge >= 0.3 is 10.8 Å². The van der Waals surface area contributed by atoms with Gasteiger partial charge in [-0.25, -0.2) is 0 Å². The molecular formula is C31H26BrCl2N3O7S2. The summed E-state index contributed by atoms with van der Waals surface area (Å²) in [5, 5.41) is 13.2. The molecule has 6 unspecified atom stereocenters. The summed E-state index contributed by atoms with van der Waals surface area (Å²) in [6.45, 7) is -0.202. The van der Waals surface area contributed by atoms with Crippen molar-refractivity contribution in [2.45, 2.75) is 35.5 Å². The molecule has 3 N–H and O–H groups in total. The van der Waals surface area contributed by atoms with Crippen molar-refractivity contribution in [1.29, 1.82) is 0 Å². The lowest BCUT2D eigenvalue weighted by molar-refractivity contribution is -0.142. The summed E-state index contributed by atoms with van der Waals surface area (Å²) in [7, 11) is 0. The van der Waals surface area contributed by atoms with Gasteiger partial charge in [0.2, 0.25) is 11.8 Å². The molecule has 1 aromatic heterocycles. The number of likely N-dealkylation sites (tertiary alicyclic amines) is 1. The number of aromatic amines is 1. The number of carbonyl (C=O) groups excluding carboxylic acids is 3. The summed E-state index contributed by atoms with van der Waals surface area (Å²) in [5.41, 5.74) is 1.25. The number of nitrogens with zero attached hydrogens (tertiary/aromatic N) is 1. The average Bonchev–Trinajstić information content (AvgIpc) is 3.74. The number of carboxylic acid groups (broad SMARTS) is 1. The van der Waals surface area contributed by atoms with Gasteiger partial charge in [0.05, 0.1) is 26.9 Å². The molecule has 15 heteroatoms. The zero-order chi connectivity index (χ0) is 32.4. The lowest BCUT2D eigenvalue weighted by Gasteiger charge is -2.43. The highest BCUT2D eigenvalue weighted by Crippen LogP contribution is 2.69. The number of nitrogens with one attached hydrogen (secondary N) is 2. The predicted molar refractivity (Wildman–Crippen MR) is 177 cm³/mol. The van der Waals surface area contributed by atoms with Gasteiger partial charge in [0.15, 0.2) is 6.61 Å². The normalized spacial score (nSPS) is 27.4. The van der Waals surface area contributed by atoms with Crippen LogP contribution in [0.2, 0.25) is 10.0 Å². The van der Waals surface area contributed by atoms with E-state index < -0.39 is 23.7 Å². The molecule has 3 aromatic rings. The topological polar surface area (TPSA) is 146 Å². The summed E-state index contributed by atoms with van der Waals surface area (Å²) < 4.78 is 6.91. The van der Waals surface area contributed by atoms with Crippen LogP contribution in [0.25, 0.3) is 0 Å². The molecule has 1 saturated heterocycles. The Morgan fingerprint density at radius 1 is 1.07 bits per heavy atom. The van der Waals surface area contributed by atoms with E-state index in [1.165, 1.54) is 4.90 Å². The van der Waals surface area contributed by atoms with Gasteiger partial charge in [0.25, 0.3) is 5.91 Å². The fourth-order valence-electron chi connectivity index (χ4n) is 7.84. The first kappa shape index (κ1) is 31.7. The van der Waals surface area contributed by atoms with E-state index >= 15 is 0 Å². The second kappa shape index (κ2) is 12.3. The maximum Gasteiger partial charge on any atom is 0.305 e. The van der Waals surface area contributed by atoms with Crippen LogP contribution in [-0.2, 0) is 19.2 Å². The molecule has 10 nitrogen and oxygen atoms in total. The first-order valence-corrected chi connectivity index (χ1v) is 17.9. The summed E-state index contributed by atoms with van der Waals surface area (Å²) >= 11 is 18.4. The Morgan fingerprint density at radius 3 is 2.57 bits per heavy atom. The molecule has 2 aliphatic carbocycles. The maximum atomic E-state index is 13.7. The number of hydrogen-bond donors (Lipinski definition) is 3. The number of fused-ring (bicyclic) bond motifs is 9. The molecule has 2 saturated carbocycles. The van der Waals surface area contributed by atoms with Crippen molar-refractivity contribution in [3.05, 3.63) is 71.0 Å². The first-order valence-electron chi connectivity index (χ1n) is 14.7. The molecule has 2 aliphatic heterocycles. The number of rotatable bonds is 9. The number of amides is 3. The van der Waals surface area contributed by atoms with Gasteiger partial charge in [0.1, 0.15) is 5.75 Å². The lowest BCUT2D eigenvalue weighted by Crippen LogP contribution is -2.42. The van der Waals surface area contributed by atoms with Gasteiger partial charge in [-0.05, 0) is 67.0 Å². The van der Waals surface area contributed by atoms with E-state index in [2.05, 4.69) is 26.2 Å². The number of anilines is 1. The number of thioether (sulfide) groups is 1. The zero-order valence-corrected chi connectivity index (χ0v) is 28.6. The number of carboxylic acids is 1. The Kier molecular flexibility index (Phi) is 8.50. The summed E-state index contributed by atoms with van der Waals surface area (Å²) in [6.07, 6.45) is 0.804. The van der Waals surface area contributed by atoms with E-state index in [4.69, 9.17) is 33.0 Å². The minimum Gasteiger partial charge on any atom is -0.483 e. The van der Waals surface area contributed by atoms with E-state index in [-0.39, 0.29) is 71.6 Å². The van der Waals surface area contributed by atoms with Crippen molar-refractivity contribution in [2.75, 3.05) is 18.5 Å². The number of thiazole rings is 1. The summed E-state index contributed by atoms with van der Waals surface area (Å²) in [4.78, 5) is 68.9. The van der Waals surface area contributed by atoms with Gasteiger partial charge in [-0.15, -0.1) is 11.8 Å². The Balaban J connectivity index is 1.19. The molecule has 7 rings (SSSR count). The number of hydrogen-bond acceptors (Lipinski definition) is 8. The SMILES string of the molecule is O=C(O)CCCN1C(=O)C2C3CC(C2C1=O)C1C3Sc2[nH]c(=O)sc2[C@@H]1c1cc(Br)ccc1OCC(=O)Nc1ccc(Cl)c(Cl)c1. The molecule has 2 aromatic carbocycles. The summed E-state index contributed by atoms with van der Waals surface area (Å²) in [6, 6.07) is 10.3. The van der Waals surface area contributed by atoms with E-state index in [0.29, 0.717) is 27.9 Å². The van der Waals surface area contributed by atoms with Gasteiger partial charge in [0, 0.05) is 44.7 Å². The molecular weight excluding hydrogens is 741 g/mol. The quantitative estimate of drug-likeness (QED) is 0.230. The number of H-pyrrole nitrogens is 1. The van der Waals surface area contributed by atoms with Gasteiger partial charge in [-0.1, -0.05) is 50.5 Å². The van der Waals surface area contributed by atoms with Crippen molar-refractivity contribution in [2.24, 2.45) is 29.6 Å². The molecule has 46 heavy (non-hydrogen) atoms. The molecule has 3 fully saturated rings. The molecule has 0 spiro atoms. The highest BCUT2D eigenvalue weighted by atomic mass is 79.9. The maximum absolute atomic E-state index is 13.7. The number of imide groups is 1. The van der Waals surface area contributed by atoms with E-state index in [1.807, 2.05) is 12.1 Å². The third-order valence-corrected chi connectivity index (χ3v) is 13.3. The van der Waals surface area contributed by atoms with Crippen LogP contribution in [0.4, 0.5) is 5.69 Å². The van der Waals surface area contributed by atoms with Gasteiger partial charge in [-0.2, -0.15) is 0 Å². The van der Waals surface area contributed by atoms with Crippen molar-refractivity contribution >= 4 is 91.6 Å². The lowest BCUT2D eigenvalue weighted by atomic mass is 9.68. The Labute approximate surface area is 289 Å².